The van der Waals surface area contributed by atoms with Crippen molar-refractivity contribution in [2.45, 2.75) is 45.1 Å². The average molecular weight is 290 g/mol. The van der Waals surface area contributed by atoms with E-state index in [0.717, 1.165) is 45.0 Å². The highest BCUT2D eigenvalue weighted by Crippen LogP contribution is 2.27. The highest BCUT2D eigenvalue weighted by atomic mass is 15.3. The van der Waals surface area contributed by atoms with Crippen molar-refractivity contribution in [3.63, 3.8) is 0 Å². The molecule has 118 valence electrons. The summed E-state index contributed by atoms with van der Waals surface area (Å²) in [6.45, 7) is 9.59. The van der Waals surface area contributed by atoms with Gasteiger partial charge in [0.15, 0.2) is 0 Å². The molecule has 2 N–H and O–H groups in total. The SMILES string of the molecule is CCCCC(CC)(CN)N1CCN(c2ccccn2)CC1. The van der Waals surface area contributed by atoms with Crippen LogP contribution in [0, 0.1) is 0 Å². The molecule has 0 radical (unpaired) electrons. The Bertz CT molecular complexity index is 395. The molecule has 4 nitrogen and oxygen atoms in total. The Hall–Kier alpha value is -1.13. The fourth-order valence-electron chi connectivity index (χ4n) is 3.39. The van der Waals surface area contributed by atoms with Gasteiger partial charge in [-0.25, -0.2) is 4.98 Å². The molecule has 0 bridgehead atoms. The number of nitrogens with zero attached hydrogens (tertiary/aromatic N) is 3. The Labute approximate surface area is 129 Å². The second-order valence-corrected chi connectivity index (χ2v) is 6.05. The molecule has 1 aliphatic rings. The zero-order valence-corrected chi connectivity index (χ0v) is 13.6. The van der Waals surface area contributed by atoms with Gasteiger partial charge in [-0.1, -0.05) is 32.8 Å². The predicted octanol–water partition coefficient (Wildman–Crippen LogP) is 2.50. The van der Waals surface area contributed by atoms with Crippen molar-refractivity contribution >= 4 is 5.82 Å². The summed E-state index contributed by atoms with van der Waals surface area (Å²) in [6, 6.07) is 6.13. The lowest BCUT2D eigenvalue weighted by molar-refractivity contribution is 0.0719. The van der Waals surface area contributed by atoms with Crippen LogP contribution in [0.15, 0.2) is 24.4 Å². The Morgan fingerprint density at radius 3 is 2.48 bits per heavy atom. The first-order chi connectivity index (χ1) is 10.3. The van der Waals surface area contributed by atoms with E-state index in [4.69, 9.17) is 5.73 Å². The van der Waals surface area contributed by atoms with Crippen LogP contribution in [0.5, 0.6) is 0 Å². The quantitative estimate of drug-likeness (QED) is 0.838. The van der Waals surface area contributed by atoms with E-state index in [1.54, 1.807) is 0 Å². The van der Waals surface area contributed by atoms with E-state index >= 15 is 0 Å². The molecule has 0 aliphatic carbocycles. The number of hydrogen-bond donors (Lipinski definition) is 1. The van der Waals surface area contributed by atoms with E-state index in [1.807, 2.05) is 12.3 Å². The third-order valence-corrected chi connectivity index (χ3v) is 4.96. The first kappa shape index (κ1) is 16.2. The van der Waals surface area contributed by atoms with Crippen molar-refractivity contribution in [1.29, 1.82) is 0 Å². The topological polar surface area (TPSA) is 45.4 Å². The van der Waals surface area contributed by atoms with Gasteiger partial charge < -0.3 is 10.6 Å². The standard InChI is InChI=1S/C17H30N4/c1-3-5-9-17(4-2,15-18)21-13-11-20(12-14-21)16-8-6-7-10-19-16/h6-8,10H,3-5,9,11-15,18H2,1-2H3. The van der Waals surface area contributed by atoms with Crippen molar-refractivity contribution in [3.05, 3.63) is 24.4 Å². The molecule has 2 heterocycles. The minimum absolute atomic E-state index is 0.201. The first-order valence-electron chi connectivity index (χ1n) is 8.37. The van der Waals surface area contributed by atoms with Gasteiger partial charge in [-0.15, -0.1) is 0 Å². The molecule has 4 heteroatoms. The molecule has 0 amide bonds. The minimum atomic E-state index is 0.201. The van der Waals surface area contributed by atoms with E-state index in [1.165, 1.54) is 19.3 Å². The van der Waals surface area contributed by atoms with Crippen molar-refractivity contribution < 1.29 is 0 Å². The second kappa shape index (κ2) is 7.76. The molecule has 21 heavy (non-hydrogen) atoms. The molecule has 1 unspecified atom stereocenters. The van der Waals surface area contributed by atoms with Crippen molar-refractivity contribution in [2.75, 3.05) is 37.6 Å². The summed E-state index contributed by atoms with van der Waals surface area (Å²) in [5.41, 5.74) is 6.37. The molecule has 1 atom stereocenters. The molecular weight excluding hydrogens is 260 g/mol. The second-order valence-electron chi connectivity index (χ2n) is 6.05. The van der Waals surface area contributed by atoms with Gasteiger partial charge in [0.2, 0.25) is 0 Å². The van der Waals surface area contributed by atoms with Gasteiger partial charge in [0, 0.05) is 44.5 Å². The highest BCUT2D eigenvalue weighted by molar-refractivity contribution is 5.38. The molecular formula is C17H30N4. The number of piperazine rings is 1. The first-order valence-corrected chi connectivity index (χ1v) is 8.37. The number of nitrogens with two attached hydrogens (primary N) is 1. The van der Waals surface area contributed by atoms with Crippen molar-refractivity contribution in [1.82, 2.24) is 9.88 Å². The zero-order valence-electron chi connectivity index (χ0n) is 13.6. The number of anilines is 1. The van der Waals surface area contributed by atoms with Crippen molar-refractivity contribution in [2.24, 2.45) is 5.73 Å². The minimum Gasteiger partial charge on any atom is -0.354 e. The average Bonchev–Trinajstić information content (AvgIpc) is 2.58. The van der Waals surface area contributed by atoms with Crippen LogP contribution >= 0.6 is 0 Å². The van der Waals surface area contributed by atoms with E-state index < -0.39 is 0 Å². The summed E-state index contributed by atoms with van der Waals surface area (Å²) in [5.74, 6) is 1.10. The summed E-state index contributed by atoms with van der Waals surface area (Å²) in [5, 5.41) is 0. The Kier molecular flexibility index (Phi) is 6.00. The van der Waals surface area contributed by atoms with Gasteiger partial charge in [0.25, 0.3) is 0 Å². The number of aromatic nitrogens is 1. The van der Waals surface area contributed by atoms with Crippen molar-refractivity contribution in [3.8, 4) is 0 Å². The Balaban J connectivity index is 1.98. The predicted molar refractivity (Wildman–Crippen MR) is 89.6 cm³/mol. The lowest BCUT2D eigenvalue weighted by atomic mass is 9.87. The molecule has 1 aromatic rings. The van der Waals surface area contributed by atoms with Crippen LogP contribution in [0.1, 0.15) is 39.5 Å². The number of rotatable bonds is 7. The van der Waals surface area contributed by atoms with Gasteiger partial charge >= 0.3 is 0 Å². The van der Waals surface area contributed by atoms with Crippen LogP contribution < -0.4 is 10.6 Å². The van der Waals surface area contributed by atoms with Crippen LogP contribution in [0.4, 0.5) is 5.82 Å². The fraction of sp³-hybridized carbons (Fsp3) is 0.706. The largest absolute Gasteiger partial charge is 0.354 e. The molecule has 2 rings (SSSR count). The van der Waals surface area contributed by atoms with Gasteiger partial charge in [-0.05, 0) is 25.0 Å². The molecule has 0 aromatic carbocycles. The van der Waals surface area contributed by atoms with Crippen LogP contribution in [-0.4, -0.2) is 48.1 Å². The number of unbranched alkanes of at least 4 members (excludes halogenated alkanes) is 1. The highest BCUT2D eigenvalue weighted by Gasteiger charge is 2.35. The lowest BCUT2D eigenvalue weighted by Gasteiger charge is -2.47. The van der Waals surface area contributed by atoms with E-state index in [-0.39, 0.29) is 5.54 Å². The van der Waals surface area contributed by atoms with Gasteiger partial charge in [0.05, 0.1) is 0 Å². The van der Waals surface area contributed by atoms with E-state index in [9.17, 15) is 0 Å². The van der Waals surface area contributed by atoms with Crippen LogP contribution in [-0.2, 0) is 0 Å². The smallest absolute Gasteiger partial charge is 0.128 e. The summed E-state index contributed by atoms with van der Waals surface area (Å²) in [6.07, 6.45) is 6.76. The van der Waals surface area contributed by atoms with Gasteiger partial charge in [-0.2, -0.15) is 0 Å². The maximum atomic E-state index is 6.17. The fourth-order valence-corrected chi connectivity index (χ4v) is 3.39. The Morgan fingerprint density at radius 1 is 1.19 bits per heavy atom. The maximum absolute atomic E-state index is 6.17. The summed E-state index contributed by atoms with van der Waals surface area (Å²) in [4.78, 5) is 9.47. The molecule has 1 aromatic heterocycles. The number of hydrogen-bond acceptors (Lipinski definition) is 4. The third kappa shape index (κ3) is 3.74. The third-order valence-electron chi connectivity index (χ3n) is 4.96. The summed E-state index contributed by atoms with van der Waals surface area (Å²) in [7, 11) is 0. The van der Waals surface area contributed by atoms with E-state index in [2.05, 4.69) is 40.8 Å². The normalized spacial score (nSPS) is 19.5. The van der Waals surface area contributed by atoms with Crippen LogP contribution in [0.2, 0.25) is 0 Å². The van der Waals surface area contributed by atoms with Crippen LogP contribution in [0.3, 0.4) is 0 Å². The molecule has 0 spiro atoms. The monoisotopic (exact) mass is 290 g/mol. The van der Waals surface area contributed by atoms with Gasteiger partial charge in [-0.3, -0.25) is 4.90 Å². The number of pyridine rings is 1. The molecule has 1 aliphatic heterocycles. The molecule has 1 saturated heterocycles. The lowest BCUT2D eigenvalue weighted by Crippen LogP contribution is -2.60. The maximum Gasteiger partial charge on any atom is 0.128 e. The zero-order chi connectivity index (χ0) is 15.1. The summed E-state index contributed by atoms with van der Waals surface area (Å²) >= 11 is 0. The molecule has 1 fully saturated rings. The van der Waals surface area contributed by atoms with Crippen LogP contribution in [0.25, 0.3) is 0 Å². The van der Waals surface area contributed by atoms with Gasteiger partial charge in [0.1, 0.15) is 5.82 Å². The molecule has 0 saturated carbocycles. The summed E-state index contributed by atoms with van der Waals surface area (Å²) < 4.78 is 0. The van der Waals surface area contributed by atoms with E-state index in [0.29, 0.717) is 0 Å². The Morgan fingerprint density at radius 2 is 1.95 bits per heavy atom.